The summed E-state index contributed by atoms with van der Waals surface area (Å²) in [6.07, 6.45) is -0.420. The van der Waals surface area contributed by atoms with Crippen molar-refractivity contribution in [3.63, 3.8) is 0 Å². The van der Waals surface area contributed by atoms with Gasteiger partial charge in [0, 0.05) is 36.7 Å². The maximum atomic E-state index is 14.2. The molecule has 42 heavy (non-hydrogen) atoms. The summed E-state index contributed by atoms with van der Waals surface area (Å²) in [6.45, 7) is 10.7. The highest BCUT2D eigenvalue weighted by Gasteiger charge is 2.84. The highest BCUT2D eigenvalue weighted by molar-refractivity contribution is 6.06. The number of ether oxygens (including phenoxy) is 5. The Morgan fingerprint density at radius 3 is 2.52 bits per heavy atom. The maximum Gasteiger partial charge on any atom is 0.309 e. The number of carbonyl (C=O) groups is 4. The van der Waals surface area contributed by atoms with Crippen molar-refractivity contribution in [2.75, 3.05) is 0 Å². The van der Waals surface area contributed by atoms with Crippen molar-refractivity contribution in [3.05, 3.63) is 11.6 Å². The molecular weight excluding hydrogens is 548 g/mol. The molecule has 2 spiro atoms. The van der Waals surface area contributed by atoms with Gasteiger partial charge in [0.2, 0.25) is 11.6 Å². The summed E-state index contributed by atoms with van der Waals surface area (Å²) in [5, 5.41) is 24.4. The van der Waals surface area contributed by atoms with E-state index in [1.54, 1.807) is 13.0 Å². The maximum absolute atomic E-state index is 14.2. The lowest BCUT2D eigenvalue weighted by atomic mass is 9.68. The van der Waals surface area contributed by atoms with E-state index in [1.807, 2.05) is 27.7 Å². The third kappa shape index (κ3) is 3.31. The molecule has 7 aliphatic rings. The zero-order valence-electron chi connectivity index (χ0n) is 24.9. The van der Waals surface area contributed by atoms with E-state index in [1.165, 1.54) is 6.92 Å². The second kappa shape index (κ2) is 8.43. The van der Waals surface area contributed by atoms with E-state index < -0.39 is 82.0 Å². The number of hydrogen-bond acceptors (Lipinski definition) is 11. The molecule has 11 heteroatoms. The van der Waals surface area contributed by atoms with Crippen LogP contribution in [-0.2, 0) is 42.9 Å². The minimum Gasteiger partial charge on any atom is -0.458 e. The van der Waals surface area contributed by atoms with Gasteiger partial charge in [0.05, 0.1) is 17.9 Å². The second-order valence-corrected chi connectivity index (χ2v) is 14.6. The molecule has 13 unspecified atom stereocenters. The largest absolute Gasteiger partial charge is 0.458 e. The lowest BCUT2D eigenvalue weighted by Gasteiger charge is -2.45. The molecule has 5 aliphatic heterocycles. The number of allylic oxidation sites excluding steroid dienone is 1. The van der Waals surface area contributed by atoms with Gasteiger partial charge >= 0.3 is 17.9 Å². The van der Waals surface area contributed by atoms with Gasteiger partial charge in [-0.3, -0.25) is 19.2 Å². The molecule has 0 aromatic heterocycles. The van der Waals surface area contributed by atoms with Gasteiger partial charge in [-0.2, -0.15) is 0 Å². The summed E-state index contributed by atoms with van der Waals surface area (Å²) in [4.78, 5) is 51.2. The number of hydrogen-bond donors (Lipinski definition) is 2. The molecule has 230 valence electrons. The van der Waals surface area contributed by atoms with Crippen LogP contribution >= 0.6 is 0 Å². The average Bonchev–Trinajstić information content (AvgIpc) is 2.99. The van der Waals surface area contributed by atoms with Crippen molar-refractivity contribution in [1.29, 1.82) is 0 Å². The normalized spacial score (nSPS) is 51.1. The zero-order chi connectivity index (χ0) is 30.4. The lowest BCUT2D eigenvalue weighted by Crippen LogP contribution is -2.63. The lowest BCUT2D eigenvalue weighted by molar-refractivity contribution is -0.268. The van der Waals surface area contributed by atoms with Gasteiger partial charge in [-0.25, -0.2) is 0 Å². The SMILES string of the molecule is CC(=O)OC(C1CC(C)C(=O)O1)C(C)C1C2C3(O)OC4(CCC12C)C(=CCC1C(C)(C)OC2CC(=O)OC21C4O)C3=O. The first-order valence-electron chi connectivity index (χ1n) is 15.2. The Labute approximate surface area is 244 Å². The van der Waals surface area contributed by atoms with Crippen molar-refractivity contribution in [3.8, 4) is 0 Å². The number of Topliss-reactive ketones (excluding diaryl/α,β-unsaturated/α-hetero) is 1. The standard InChI is InChI=1S/C31H40O11/c1-13-11-17(39-25(13)35)22(38-15(3)32)14(2)21-23-28(21,6)9-10-29-16(24(34)31(23,37)42-29)7-8-18-27(4,5)40-19-12-20(33)41-30(18,19)26(29)36/h7,13-14,17-19,21-23,26,36-37H,8-12H2,1-6H3. The summed E-state index contributed by atoms with van der Waals surface area (Å²) in [5.41, 5.74) is -4.12. The minimum atomic E-state index is -2.24. The Balaban J connectivity index is 1.25. The molecule has 0 amide bonds. The smallest absolute Gasteiger partial charge is 0.309 e. The van der Waals surface area contributed by atoms with Gasteiger partial charge < -0.3 is 33.9 Å². The summed E-state index contributed by atoms with van der Waals surface area (Å²) >= 11 is 0. The van der Waals surface area contributed by atoms with E-state index in [0.717, 1.165) is 0 Å². The van der Waals surface area contributed by atoms with Crippen molar-refractivity contribution >= 4 is 23.7 Å². The van der Waals surface area contributed by atoms with Crippen LogP contribution in [0.15, 0.2) is 11.6 Å². The van der Waals surface area contributed by atoms with E-state index in [-0.39, 0.29) is 42.1 Å². The molecular formula is C31H40O11. The van der Waals surface area contributed by atoms with Crippen molar-refractivity contribution < 1.29 is 53.1 Å². The quantitative estimate of drug-likeness (QED) is 0.365. The molecule has 2 bridgehead atoms. The van der Waals surface area contributed by atoms with Gasteiger partial charge in [0.25, 0.3) is 0 Å². The van der Waals surface area contributed by atoms with Crippen LogP contribution in [0.2, 0.25) is 0 Å². The number of cyclic esters (lactones) is 1. The van der Waals surface area contributed by atoms with Crippen LogP contribution < -0.4 is 0 Å². The third-order valence-electron chi connectivity index (χ3n) is 12.0. The third-order valence-corrected chi connectivity index (χ3v) is 12.0. The Bertz CT molecular complexity index is 1320. The second-order valence-electron chi connectivity index (χ2n) is 14.6. The molecule has 0 aromatic carbocycles. The number of aliphatic hydroxyl groups excluding tert-OH is 1. The Morgan fingerprint density at radius 1 is 1.17 bits per heavy atom. The topological polar surface area (TPSA) is 155 Å². The fourth-order valence-corrected chi connectivity index (χ4v) is 10.1. The zero-order valence-corrected chi connectivity index (χ0v) is 24.9. The first-order valence-corrected chi connectivity index (χ1v) is 15.2. The average molecular weight is 589 g/mol. The summed E-state index contributed by atoms with van der Waals surface area (Å²) in [5.74, 6) is -6.26. The highest BCUT2D eigenvalue weighted by atomic mass is 16.7. The molecule has 6 fully saturated rings. The first-order chi connectivity index (χ1) is 19.5. The van der Waals surface area contributed by atoms with Gasteiger partial charge in [-0.15, -0.1) is 0 Å². The number of ketones is 1. The number of rotatable bonds is 4. The highest BCUT2D eigenvalue weighted by Crippen LogP contribution is 2.75. The Kier molecular flexibility index (Phi) is 5.71. The molecule has 13 atom stereocenters. The molecule has 0 aromatic rings. The molecule has 0 radical (unpaired) electrons. The monoisotopic (exact) mass is 588 g/mol. The van der Waals surface area contributed by atoms with Crippen LogP contribution in [0.1, 0.15) is 73.6 Å². The molecule has 11 nitrogen and oxygen atoms in total. The van der Waals surface area contributed by atoms with E-state index in [4.69, 9.17) is 23.7 Å². The molecule has 1 saturated carbocycles. The summed E-state index contributed by atoms with van der Waals surface area (Å²) < 4.78 is 30.0. The van der Waals surface area contributed by atoms with E-state index >= 15 is 0 Å². The van der Waals surface area contributed by atoms with Gasteiger partial charge in [0.1, 0.15) is 30.0 Å². The Morgan fingerprint density at radius 2 is 1.88 bits per heavy atom. The predicted molar refractivity (Wildman–Crippen MR) is 141 cm³/mol. The first kappa shape index (κ1) is 28.4. The van der Waals surface area contributed by atoms with E-state index in [2.05, 4.69) is 0 Å². The fraction of sp³-hybridized carbons (Fsp3) is 0.806. The van der Waals surface area contributed by atoms with Crippen LogP contribution in [0.5, 0.6) is 0 Å². The Hall–Kier alpha value is -2.34. The predicted octanol–water partition coefficient (Wildman–Crippen LogP) is 1.75. The van der Waals surface area contributed by atoms with Gasteiger partial charge in [0.15, 0.2) is 5.60 Å². The van der Waals surface area contributed by atoms with Crippen LogP contribution in [-0.4, -0.2) is 80.9 Å². The van der Waals surface area contributed by atoms with Crippen LogP contribution in [0.4, 0.5) is 0 Å². The van der Waals surface area contributed by atoms with E-state index in [0.29, 0.717) is 19.3 Å². The summed E-state index contributed by atoms with van der Waals surface area (Å²) in [7, 11) is 0. The number of esters is 3. The minimum absolute atomic E-state index is 0.0115. The molecule has 2 N–H and O–H groups in total. The van der Waals surface area contributed by atoms with Crippen molar-refractivity contribution in [1.82, 2.24) is 0 Å². The molecule has 2 aliphatic carbocycles. The summed E-state index contributed by atoms with van der Waals surface area (Å²) in [6, 6.07) is 0. The number of carbonyl (C=O) groups excluding carboxylic acids is 4. The van der Waals surface area contributed by atoms with Gasteiger partial charge in [-0.05, 0) is 44.4 Å². The molecule has 5 saturated heterocycles. The van der Waals surface area contributed by atoms with Crippen LogP contribution in [0.25, 0.3) is 0 Å². The molecule has 7 rings (SSSR count). The number of aliphatic hydroxyl groups is 2. The van der Waals surface area contributed by atoms with Crippen LogP contribution in [0.3, 0.4) is 0 Å². The fourth-order valence-electron chi connectivity index (χ4n) is 10.1. The number of fused-ring (bicyclic) bond motifs is 3. The van der Waals surface area contributed by atoms with Crippen molar-refractivity contribution in [2.24, 2.45) is 35.0 Å². The van der Waals surface area contributed by atoms with Gasteiger partial charge in [-0.1, -0.05) is 26.8 Å². The van der Waals surface area contributed by atoms with E-state index in [9.17, 15) is 29.4 Å². The molecule has 5 heterocycles. The van der Waals surface area contributed by atoms with Crippen molar-refractivity contribution in [2.45, 2.75) is 121 Å². The van der Waals surface area contributed by atoms with Crippen LogP contribution in [0, 0.1) is 35.0 Å².